The van der Waals surface area contributed by atoms with E-state index in [1.807, 2.05) is 17.0 Å². The van der Waals surface area contributed by atoms with Crippen molar-refractivity contribution in [3.05, 3.63) is 29.8 Å². The predicted molar refractivity (Wildman–Crippen MR) is 65.4 cm³/mol. The molecule has 0 unspecified atom stereocenters. The van der Waals surface area contributed by atoms with Gasteiger partial charge in [0.2, 0.25) is 5.91 Å². The fraction of sp³-hybridized carbons (Fsp3) is 0.462. The molecule has 1 aliphatic heterocycles. The van der Waals surface area contributed by atoms with Crippen LogP contribution >= 0.6 is 0 Å². The van der Waals surface area contributed by atoms with Crippen LogP contribution in [0.25, 0.3) is 0 Å². The molecule has 1 fully saturated rings. The maximum absolute atomic E-state index is 11.6. The lowest BCUT2D eigenvalue weighted by molar-refractivity contribution is -0.117. The Hall–Kier alpha value is -1.35. The van der Waals surface area contributed by atoms with Gasteiger partial charge in [-0.3, -0.25) is 4.79 Å². The summed E-state index contributed by atoms with van der Waals surface area (Å²) in [5.74, 6) is 0.251. The molecule has 1 aromatic rings. The second kappa shape index (κ2) is 5.12. The predicted octanol–water partition coefficient (Wildman–Crippen LogP) is 1.92. The van der Waals surface area contributed by atoms with Crippen molar-refractivity contribution in [3.63, 3.8) is 0 Å². The Balaban J connectivity index is 2.12. The van der Waals surface area contributed by atoms with Gasteiger partial charge >= 0.3 is 0 Å². The quantitative estimate of drug-likeness (QED) is 0.837. The van der Waals surface area contributed by atoms with Crippen molar-refractivity contribution in [2.45, 2.75) is 26.3 Å². The summed E-state index contributed by atoms with van der Waals surface area (Å²) in [6.45, 7) is 4.79. The van der Waals surface area contributed by atoms with Crippen molar-refractivity contribution in [1.29, 1.82) is 0 Å². The summed E-state index contributed by atoms with van der Waals surface area (Å²) in [4.78, 5) is 13.5. The number of amides is 1. The summed E-state index contributed by atoms with van der Waals surface area (Å²) in [7, 11) is 0. The smallest absolute Gasteiger partial charge is 0.227 e. The van der Waals surface area contributed by atoms with Crippen LogP contribution in [0.15, 0.2) is 24.3 Å². The SMILES string of the molecule is CCNCc1cccc(N2CCCC2=O)c1. The number of nitrogens with one attached hydrogen (secondary N) is 1. The standard InChI is InChI=1S/C13H18N2O/c1-2-14-10-11-5-3-6-12(9-11)15-8-4-7-13(15)16/h3,5-6,9,14H,2,4,7-8,10H2,1H3. The van der Waals surface area contributed by atoms with E-state index in [2.05, 4.69) is 24.4 Å². The summed E-state index contributed by atoms with van der Waals surface area (Å²) in [5, 5.41) is 3.29. The van der Waals surface area contributed by atoms with Gasteiger partial charge in [-0.2, -0.15) is 0 Å². The van der Waals surface area contributed by atoms with E-state index >= 15 is 0 Å². The number of hydrogen-bond donors (Lipinski definition) is 1. The minimum absolute atomic E-state index is 0.251. The van der Waals surface area contributed by atoms with Gasteiger partial charge in [0, 0.05) is 25.2 Å². The van der Waals surface area contributed by atoms with E-state index in [-0.39, 0.29) is 5.91 Å². The topological polar surface area (TPSA) is 32.3 Å². The average molecular weight is 218 g/mol. The fourth-order valence-corrected chi connectivity index (χ4v) is 2.02. The normalized spacial score (nSPS) is 15.8. The highest BCUT2D eigenvalue weighted by atomic mass is 16.2. The van der Waals surface area contributed by atoms with E-state index in [4.69, 9.17) is 0 Å². The first-order valence-corrected chi connectivity index (χ1v) is 5.91. The largest absolute Gasteiger partial charge is 0.313 e. The van der Waals surface area contributed by atoms with Crippen LogP contribution in [0.2, 0.25) is 0 Å². The van der Waals surface area contributed by atoms with Crippen LogP contribution in [-0.4, -0.2) is 19.0 Å². The molecule has 1 amide bonds. The first kappa shape index (κ1) is 11.1. The minimum atomic E-state index is 0.251. The van der Waals surface area contributed by atoms with Crippen LogP contribution in [0, 0.1) is 0 Å². The van der Waals surface area contributed by atoms with Crippen molar-refractivity contribution >= 4 is 11.6 Å². The van der Waals surface area contributed by atoms with E-state index in [1.54, 1.807) is 0 Å². The molecule has 0 bridgehead atoms. The van der Waals surface area contributed by atoms with Crippen LogP contribution < -0.4 is 10.2 Å². The van der Waals surface area contributed by atoms with Crippen molar-refractivity contribution in [1.82, 2.24) is 5.32 Å². The van der Waals surface area contributed by atoms with Gasteiger partial charge in [0.25, 0.3) is 0 Å². The van der Waals surface area contributed by atoms with E-state index < -0.39 is 0 Å². The lowest BCUT2D eigenvalue weighted by Crippen LogP contribution is -2.23. The summed E-state index contributed by atoms with van der Waals surface area (Å²) >= 11 is 0. The third kappa shape index (κ3) is 2.42. The van der Waals surface area contributed by atoms with E-state index in [1.165, 1.54) is 5.56 Å². The monoisotopic (exact) mass is 218 g/mol. The Labute approximate surface area is 96.5 Å². The van der Waals surface area contributed by atoms with Gasteiger partial charge in [-0.05, 0) is 30.7 Å². The van der Waals surface area contributed by atoms with Gasteiger partial charge < -0.3 is 10.2 Å². The molecular formula is C13H18N2O. The number of carbonyl (C=O) groups excluding carboxylic acids is 1. The minimum Gasteiger partial charge on any atom is -0.313 e. The molecule has 0 radical (unpaired) electrons. The third-order valence-electron chi connectivity index (χ3n) is 2.87. The average Bonchev–Trinajstić information content (AvgIpc) is 2.73. The van der Waals surface area contributed by atoms with Crippen LogP contribution in [0.5, 0.6) is 0 Å². The van der Waals surface area contributed by atoms with Gasteiger partial charge in [0.15, 0.2) is 0 Å². The molecule has 0 aromatic heterocycles. The van der Waals surface area contributed by atoms with Crippen LogP contribution in [0.3, 0.4) is 0 Å². The highest BCUT2D eigenvalue weighted by Gasteiger charge is 2.21. The van der Waals surface area contributed by atoms with E-state index in [0.717, 1.165) is 31.7 Å². The molecule has 0 saturated carbocycles. The molecule has 16 heavy (non-hydrogen) atoms. The Bertz CT molecular complexity index is 376. The van der Waals surface area contributed by atoms with Gasteiger partial charge in [-0.25, -0.2) is 0 Å². The van der Waals surface area contributed by atoms with E-state index in [9.17, 15) is 4.79 Å². The molecule has 1 N–H and O–H groups in total. The van der Waals surface area contributed by atoms with Gasteiger partial charge in [-0.1, -0.05) is 19.1 Å². The van der Waals surface area contributed by atoms with Gasteiger partial charge in [0.05, 0.1) is 0 Å². The summed E-state index contributed by atoms with van der Waals surface area (Å²) in [5.41, 5.74) is 2.27. The second-order valence-corrected chi connectivity index (χ2v) is 4.10. The molecule has 1 saturated heterocycles. The highest BCUT2D eigenvalue weighted by molar-refractivity contribution is 5.95. The molecule has 0 spiro atoms. The zero-order chi connectivity index (χ0) is 11.4. The lowest BCUT2D eigenvalue weighted by atomic mass is 10.2. The first-order valence-electron chi connectivity index (χ1n) is 5.91. The molecule has 2 rings (SSSR count). The molecule has 86 valence electrons. The molecule has 3 nitrogen and oxygen atoms in total. The van der Waals surface area contributed by atoms with E-state index in [0.29, 0.717) is 6.42 Å². The highest BCUT2D eigenvalue weighted by Crippen LogP contribution is 2.22. The van der Waals surface area contributed by atoms with Gasteiger partial charge in [0.1, 0.15) is 0 Å². The first-order chi connectivity index (χ1) is 7.81. The molecule has 1 aromatic carbocycles. The van der Waals surface area contributed by atoms with Crippen molar-refractivity contribution < 1.29 is 4.79 Å². The molecule has 1 aliphatic rings. The Morgan fingerprint density at radius 2 is 2.31 bits per heavy atom. The van der Waals surface area contributed by atoms with Crippen LogP contribution in [0.4, 0.5) is 5.69 Å². The Morgan fingerprint density at radius 1 is 1.44 bits per heavy atom. The number of nitrogens with zero attached hydrogens (tertiary/aromatic N) is 1. The number of carbonyl (C=O) groups is 1. The van der Waals surface area contributed by atoms with Crippen LogP contribution in [-0.2, 0) is 11.3 Å². The second-order valence-electron chi connectivity index (χ2n) is 4.10. The molecular weight excluding hydrogens is 200 g/mol. The van der Waals surface area contributed by atoms with Crippen molar-refractivity contribution in [2.75, 3.05) is 18.0 Å². The zero-order valence-corrected chi connectivity index (χ0v) is 9.70. The Morgan fingerprint density at radius 3 is 3.00 bits per heavy atom. The maximum atomic E-state index is 11.6. The molecule has 0 aliphatic carbocycles. The summed E-state index contributed by atoms with van der Waals surface area (Å²) in [6.07, 6.45) is 1.67. The summed E-state index contributed by atoms with van der Waals surface area (Å²) < 4.78 is 0. The fourth-order valence-electron chi connectivity index (χ4n) is 2.02. The third-order valence-corrected chi connectivity index (χ3v) is 2.87. The number of hydrogen-bond acceptors (Lipinski definition) is 2. The molecule has 0 atom stereocenters. The van der Waals surface area contributed by atoms with Gasteiger partial charge in [-0.15, -0.1) is 0 Å². The molecule has 1 heterocycles. The zero-order valence-electron chi connectivity index (χ0n) is 9.70. The number of anilines is 1. The maximum Gasteiger partial charge on any atom is 0.227 e. The summed E-state index contributed by atoms with van der Waals surface area (Å²) in [6, 6.07) is 8.23. The van der Waals surface area contributed by atoms with Crippen molar-refractivity contribution in [2.24, 2.45) is 0 Å². The Kier molecular flexibility index (Phi) is 3.57. The number of benzene rings is 1. The van der Waals surface area contributed by atoms with Crippen molar-refractivity contribution in [3.8, 4) is 0 Å². The molecule has 3 heteroatoms. The number of rotatable bonds is 4. The van der Waals surface area contributed by atoms with Crippen LogP contribution in [0.1, 0.15) is 25.3 Å². The lowest BCUT2D eigenvalue weighted by Gasteiger charge is -2.16.